The molecule has 0 nitrogen and oxygen atoms in total. The fourth-order valence-electron chi connectivity index (χ4n) is 3.61. The number of hydrogen-bond acceptors (Lipinski definition) is 0. The minimum Gasteiger partial charge on any atom is -0.0625 e. The molecule has 2 saturated carbocycles. The maximum Gasteiger partial charge on any atom is -0.0355 e. The predicted octanol–water partition coefficient (Wildman–Crippen LogP) is 3.86. The molecule has 0 heteroatoms. The summed E-state index contributed by atoms with van der Waals surface area (Å²) in [6.45, 7) is 4.84. The van der Waals surface area contributed by atoms with E-state index >= 15 is 0 Å². The Morgan fingerprint density at radius 1 is 0.917 bits per heavy atom. The van der Waals surface area contributed by atoms with E-state index in [1.165, 1.54) is 19.3 Å². The zero-order chi connectivity index (χ0) is 8.55. The molecular formula is C12H22. The molecule has 3 atom stereocenters. The Balaban J connectivity index is 2.01. The molecule has 0 aliphatic heterocycles. The van der Waals surface area contributed by atoms with Crippen molar-refractivity contribution in [3.05, 3.63) is 0 Å². The smallest absolute Gasteiger partial charge is 0.0355 e. The molecule has 70 valence electrons. The average molecular weight is 166 g/mol. The summed E-state index contributed by atoms with van der Waals surface area (Å²) in [6, 6.07) is 0. The Kier molecular flexibility index (Phi) is 2.43. The van der Waals surface area contributed by atoms with Crippen LogP contribution in [0.4, 0.5) is 0 Å². The van der Waals surface area contributed by atoms with Gasteiger partial charge in [-0.25, -0.2) is 0 Å². The number of fused-ring (bicyclic) bond motifs is 1. The largest absolute Gasteiger partial charge is 0.0625 e. The van der Waals surface area contributed by atoms with Crippen molar-refractivity contribution >= 4 is 0 Å². The Morgan fingerprint density at radius 3 is 2.42 bits per heavy atom. The molecule has 0 bridgehead atoms. The molecule has 0 unspecified atom stereocenters. The fourth-order valence-corrected chi connectivity index (χ4v) is 3.61. The highest BCUT2D eigenvalue weighted by atomic mass is 14.4. The van der Waals surface area contributed by atoms with Crippen LogP contribution in [0.1, 0.15) is 52.4 Å². The van der Waals surface area contributed by atoms with Gasteiger partial charge in [-0.05, 0) is 42.9 Å². The van der Waals surface area contributed by atoms with Gasteiger partial charge < -0.3 is 0 Å². The fraction of sp³-hybridized carbons (Fsp3) is 1.00. The first kappa shape index (κ1) is 8.59. The van der Waals surface area contributed by atoms with Gasteiger partial charge in [-0.1, -0.05) is 33.1 Å². The van der Waals surface area contributed by atoms with Crippen LogP contribution in [0.3, 0.4) is 0 Å². The molecule has 0 amide bonds. The number of rotatable bonds is 1. The van der Waals surface area contributed by atoms with Crippen LogP contribution in [0, 0.1) is 23.7 Å². The summed E-state index contributed by atoms with van der Waals surface area (Å²) in [5.74, 6) is 4.28. The van der Waals surface area contributed by atoms with Crippen molar-refractivity contribution in [1.29, 1.82) is 0 Å². The quantitative estimate of drug-likeness (QED) is 0.555. The van der Waals surface area contributed by atoms with Gasteiger partial charge in [0.15, 0.2) is 0 Å². The minimum atomic E-state index is 0.943. The molecule has 0 saturated heterocycles. The maximum absolute atomic E-state index is 2.42. The van der Waals surface area contributed by atoms with Gasteiger partial charge >= 0.3 is 0 Å². The van der Waals surface area contributed by atoms with Crippen LogP contribution in [0.2, 0.25) is 0 Å². The Morgan fingerprint density at radius 2 is 1.67 bits per heavy atom. The molecule has 2 aliphatic rings. The summed E-state index contributed by atoms with van der Waals surface area (Å²) in [5.41, 5.74) is 0. The second kappa shape index (κ2) is 3.40. The maximum atomic E-state index is 2.42. The van der Waals surface area contributed by atoms with Crippen LogP contribution >= 0.6 is 0 Å². The molecule has 0 N–H and O–H groups in total. The first-order chi connectivity index (χ1) is 5.79. The van der Waals surface area contributed by atoms with Gasteiger partial charge in [-0.3, -0.25) is 0 Å². The SMILES string of the molecule is CC(C)[C@@H]1CC[C@@H]2CCCC[C@@H]21. The third-order valence-corrected chi connectivity index (χ3v) is 4.24. The van der Waals surface area contributed by atoms with E-state index in [1.54, 1.807) is 19.3 Å². The highest BCUT2D eigenvalue weighted by Crippen LogP contribution is 2.48. The van der Waals surface area contributed by atoms with Crippen LogP contribution in [0.25, 0.3) is 0 Å². The predicted molar refractivity (Wildman–Crippen MR) is 53.0 cm³/mol. The summed E-state index contributed by atoms with van der Waals surface area (Å²) >= 11 is 0. The first-order valence-electron chi connectivity index (χ1n) is 5.79. The molecule has 2 fully saturated rings. The van der Waals surface area contributed by atoms with E-state index in [0.29, 0.717) is 0 Å². The van der Waals surface area contributed by atoms with Gasteiger partial charge in [0.05, 0.1) is 0 Å². The molecule has 0 aromatic heterocycles. The lowest BCUT2D eigenvalue weighted by molar-refractivity contribution is 0.193. The normalized spacial score (nSPS) is 41.8. The highest BCUT2D eigenvalue weighted by molar-refractivity contribution is 4.88. The molecule has 0 heterocycles. The van der Waals surface area contributed by atoms with E-state index in [9.17, 15) is 0 Å². The first-order valence-corrected chi connectivity index (χ1v) is 5.79. The number of hydrogen-bond donors (Lipinski definition) is 0. The zero-order valence-electron chi connectivity index (χ0n) is 8.55. The molecular weight excluding hydrogens is 144 g/mol. The van der Waals surface area contributed by atoms with Crippen molar-refractivity contribution in [2.45, 2.75) is 52.4 Å². The van der Waals surface area contributed by atoms with Crippen LogP contribution < -0.4 is 0 Å². The molecule has 0 radical (unpaired) electrons. The molecule has 2 aliphatic carbocycles. The van der Waals surface area contributed by atoms with E-state index in [1.807, 2.05) is 0 Å². The summed E-state index contributed by atoms with van der Waals surface area (Å²) in [6.07, 6.45) is 9.22. The van der Waals surface area contributed by atoms with Gasteiger partial charge in [0.2, 0.25) is 0 Å². The lowest BCUT2D eigenvalue weighted by Gasteiger charge is -2.31. The van der Waals surface area contributed by atoms with E-state index in [0.717, 1.165) is 23.7 Å². The minimum absolute atomic E-state index is 0.943. The molecule has 2 rings (SSSR count). The summed E-state index contributed by atoms with van der Waals surface area (Å²) < 4.78 is 0. The third-order valence-electron chi connectivity index (χ3n) is 4.24. The van der Waals surface area contributed by atoms with Crippen molar-refractivity contribution in [2.75, 3.05) is 0 Å². The summed E-state index contributed by atoms with van der Waals surface area (Å²) in [4.78, 5) is 0. The topological polar surface area (TPSA) is 0 Å². The van der Waals surface area contributed by atoms with E-state index in [4.69, 9.17) is 0 Å². The van der Waals surface area contributed by atoms with Crippen LogP contribution in [0.15, 0.2) is 0 Å². The van der Waals surface area contributed by atoms with Crippen molar-refractivity contribution in [3.8, 4) is 0 Å². The zero-order valence-corrected chi connectivity index (χ0v) is 8.55. The van der Waals surface area contributed by atoms with Crippen LogP contribution in [0.5, 0.6) is 0 Å². The Bertz CT molecular complexity index is 148. The Labute approximate surface area is 76.7 Å². The van der Waals surface area contributed by atoms with Crippen LogP contribution in [-0.2, 0) is 0 Å². The van der Waals surface area contributed by atoms with Gasteiger partial charge in [0.1, 0.15) is 0 Å². The van der Waals surface area contributed by atoms with E-state index < -0.39 is 0 Å². The van der Waals surface area contributed by atoms with E-state index in [2.05, 4.69) is 13.8 Å². The lowest BCUT2D eigenvalue weighted by atomic mass is 9.75. The van der Waals surface area contributed by atoms with Gasteiger partial charge in [-0.15, -0.1) is 0 Å². The van der Waals surface area contributed by atoms with Crippen molar-refractivity contribution in [3.63, 3.8) is 0 Å². The molecule has 0 spiro atoms. The van der Waals surface area contributed by atoms with Crippen molar-refractivity contribution in [2.24, 2.45) is 23.7 Å². The summed E-state index contributed by atoms with van der Waals surface area (Å²) in [5, 5.41) is 0. The average Bonchev–Trinajstić information content (AvgIpc) is 2.47. The molecule has 12 heavy (non-hydrogen) atoms. The van der Waals surface area contributed by atoms with Gasteiger partial charge in [0.25, 0.3) is 0 Å². The molecule has 0 aromatic rings. The van der Waals surface area contributed by atoms with Crippen molar-refractivity contribution < 1.29 is 0 Å². The second-order valence-electron chi connectivity index (χ2n) is 5.19. The lowest BCUT2D eigenvalue weighted by Crippen LogP contribution is -2.22. The standard InChI is InChI=1S/C12H22/c1-9(2)11-8-7-10-5-3-4-6-12(10)11/h9-12H,3-8H2,1-2H3/t10-,11-,12-/m0/s1. The van der Waals surface area contributed by atoms with E-state index in [-0.39, 0.29) is 0 Å². The van der Waals surface area contributed by atoms with Gasteiger partial charge in [0, 0.05) is 0 Å². The Hall–Kier alpha value is 0. The van der Waals surface area contributed by atoms with Crippen LogP contribution in [-0.4, -0.2) is 0 Å². The molecule has 0 aromatic carbocycles. The third kappa shape index (κ3) is 1.41. The summed E-state index contributed by atoms with van der Waals surface area (Å²) in [7, 11) is 0. The van der Waals surface area contributed by atoms with Crippen molar-refractivity contribution in [1.82, 2.24) is 0 Å². The van der Waals surface area contributed by atoms with Gasteiger partial charge in [-0.2, -0.15) is 0 Å². The highest BCUT2D eigenvalue weighted by Gasteiger charge is 2.38. The second-order valence-corrected chi connectivity index (χ2v) is 5.19. The monoisotopic (exact) mass is 166 g/mol.